The molecule has 0 aliphatic heterocycles. The van der Waals surface area contributed by atoms with Crippen LogP contribution in [0.15, 0.2) is 22.7 Å². The van der Waals surface area contributed by atoms with Crippen molar-refractivity contribution in [3.8, 4) is 0 Å². The Balaban J connectivity index is 2.90. The second-order valence-electron chi connectivity index (χ2n) is 2.57. The molecular weight excluding hydrogens is 204 g/mol. The van der Waals surface area contributed by atoms with Crippen LogP contribution in [-0.4, -0.2) is 11.7 Å². The van der Waals surface area contributed by atoms with Crippen LogP contribution in [0, 0.1) is 6.92 Å². The highest BCUT2D eigenvalue weighted by atomic mass is 79.9. The van der Waals surface area contributed by atoms with Gasteiger partial charge in [-0.3, -0.25) is 0 Å². The Morgan fingerprint density at radius 2 is 2.18 bits per heavy atom. The Hall–Kier alpha value is -0.340. The average molecular weight is 215 g/mol. The number of aliphatic hydroxyl groups excluding tert-OH is 1. The monoisotopic (exact) mass is 214 g/mol. The first kappa shape index (κ1) is 8.75. The molecule has 0 aromatic heterocycles. The molecule has 1 nitrogen and oxygen atoms in total. The topological polar surface area (TPSA) is 20.2 Å². The van der Waals surface area contributed by atoms with Gasteiger partial charge in [0.2, 0.25) is 0 Å². The van der Waals surface area contributed by atoms with E-state index in [-0.39, 0.29) is 6.61 Å². The van der Waals surface area contributed by atoms with E-state index in [0.29, 0.717) is 0 Å². The van der Waals surface area contributed by atoms with E-state index in [2.05, 4.69) is 28.1 Å². The molecule has 11 heavy (non-hydrogen) atoms. The first-order chi connectivity index (χ1) is 5.24. The largest absolute Gasteiger partial charge is 0.396 e. The zero-order valence-corrected chi connectivity index (χ0v) is 8.06. The molecule has 0 saturated carbocycles. The molecule has 0 fully saturated rings. The maximum atomic E-state index is 8.69. The molecule has 0 bridgehead atoms. The summed E-state index contributed by atoms with van der Waals surface area (Å²) >= 11 is 3.44. The molecule has 1 aromatic rings. The smallest absolute Gasteiger partial charge is 0.0471 e. The lowest BCUT2D eigenvalue weighted by molar-refractivity contribution is 0.299. The van der Waals surface area contributed by atoms with Crippen LogP contribution in [0.25, 0.3) is 0 Å². The van der Waals surface area contributed by atoms with Crippen LogP contribution in [0.1, 0.15) is 11.1 Å². The lowest BCUT2D eigenvalue weighted by atomic mass is 10.1. The van der Waals surface area contributed by atoms with E-state index in [0.717, 1.165) is 16.5 Å². The molecule has 1 N–H and O–H groups in total. The van der Waals surface area contributed by atoms with E-state index in [9.17, 15) is 0 Å². The van der Waals surface area contributed by atoms with Gasteiger partial charge in [-0.05, 0) is 30.5 Å². The van der Waals surface area contributed by atoms with Crippen molar-refractivity contribution in [3.05, 3.63) is 33.8 Å². The van der Waals surface area contributed by atoms with E-state index in [4.69, 9.17) is 5.11 Å². The fourth-order valence-corrected chi connectivity index (χ4v) is 1.67. The normalized spacial score (nSPS) is 10.1. The Bertz CT molecular complexity index is 245. The molecule has 0 heterocycles. The highest BCUT2D eigenvalue weighted by Crippen LogP contribution is 2.18. The van der Waals surface area contributed by atoms with Crippen LogP contribution < -0.4 is 0 Å². The molecule has 0 amide bonds. The molecule has 0 aliphatic rings. The maximum Gasteiger partial charge on any atom is 0.0471 e. The van der Waals surface area contributed by atoms with Crippen molar-refractivity contribution < 1.29 is 5.11 Å². The van der Waals surface area contributed by atoms with E-state index in [1.54, 1.807) is 0 Å². The number of aryl methyl sites for hydroxylation is 1. The summed E-state index contributed by atoms with van der Waals surface area (Å²) in [6.45, 7) is 2.26. The van der Waals surface area contributed by atoms with Crippen molar-refractivity contribution in [1.29, 1.82) is 0 Å². The van der Waals surface area contributed by atoms with Crippen molar-refractivity contribution >= 4 is 15.9 Å². The molecule has 0 spiro atoms. The van der Waals surface area contributed by atoms with Gasteiger partial charge in [0.25, 0.3) is 0 Å². The summed E-state index contributed by atoms with van der Waals surface area (Å²) in [5.41, 5.74) is 2.40. The number of halogens is 1. The van der Waals surface area contributed by atoms with Crippen molar-refractivity contribution in [3.63, 3.8) is 0 Å². The highest BCUT2D eigenvalue weighted by molar-refractivity contribution is 9.10. The van der Waals surface area contributed by atoms with Gasteiger partial charge < -0.3 is 5.11 Å². The van der Waals surface area contributed by atoms with Gasteiger partial charge in [0, 0.05) is 11.1 Å². The molecule has 0 atom stereocenters. The van der Waals surface area contributed by atoms with E-state index < -0.39 is 0 Å². The molecule has 0 radical (unpaired) electrons. The molecule has 0 saturated heterocycles. The summed E-state index contributed by atoms with van der Waals surface area (Å²) in [4.78, 5) is 0. The van der Waals surface area contributed by atoms with Crippen LogP contribution >= 0.6 is 15.9 Å². The Morgan fingerprint density at radius 3 is 2.73 bits per heavy atom. The summed E-state index contributed by atoms with van der Waals surface area (Å²) in [7, 11) is 0. The number of rotatable bonds is 2. The van der Waals surface area contributed by atoms with Gasteiger partial charge in [-0.25, -0.2) is 0 Å². The Morgan fingerprint density at radius 1 is 1.45 bits per heavy atom. The van der Waals surface area contributed by atoms with Gasteiger partial charge in [-0.1, -0.05) is 28.1 Å². The van der Waals surface area contributed by atoms with Gasteiger partial charge in [-0.15, -0.1) is 0 Å². The minimum absolute atomic E-state index is 0.210. The highest BCUT2D eigenvalue weighted by Gasteiger charge is 1.97. The lowest BCUT2D eigenvalue weighted by Crippen LogP contribution is -1.91. The van der Waals surface area contributed by atoms with Gasteiger partial charge in [0.1, 0.15) is 0 Å². The van der Waals surface area contributed by atoms with Crippen LogP contribution in [0.2, 0.25) is 0 Å². The number of hydrogen-bond donors (Lipinski definition) is 1. The molecule has 60 valence electrons. The van der Waals surface area contributed by atoms with Crippen molar-refractivity contribution in [2.75, 3.05) is 6.61 Å². The predicted octanol–water partition coefficient (Wildman–Crippen LogP) is 2.29. The van der Waals surface area contributed by atoms with Crippen molar-refractivity contribution in [2.45, 2.75) is 13.3 Å². The summed E-state index contributed by atoms with van der Waals surface area (Å²) in [5.74, 6) is 0. The standard InChI is InChI=1S/C9H11BrO/c1-7-2-3-8(4-5-11)9(10)6-7/h2-3,6,11H,4-5H2,1H3. The average Bonchev–Trinajstić information content (AvgIpc) is 1.95. The molecule has 0 aliphatic carbocycles. The SMILES string of the molecule is Cc1ccc(CCO)c(Br)c1. The quantitative estimate of drug-likeness (QED) is 0.802. The van der Waals surface area contributed by atoms with Crippen LogP contribution in [-0.2, 0) is 6.42 Å². The lowest BCUT2D eigenvalue weighted by Gasteiger charge is -2.02. The summed E-state index contributed by atoms with van der Waals surface area (Å²) in [6.07, 6.45) is 0.723. The third-order valence-corrected chi connectivity index (χ3v) is 2.33. The van der Waals surface area contributed by atoms with E-state index >= 15 is 0 Å². The van der Waals surface area contributed by atoms with Crippen molar-refractivity contribution in [2.24, 2.45) is 0 Å². The molecule has 2 heteroatoms. The zero-order valence-electron chi connectivity index (χ0n) is 6.47. The van der Waals surface area contributed by atoms with Crippen LogP contribution in [0.5, 0.6) is 0 Å². The third kappa shape index (κ3) is 2.31. The van der Waals surface area contributed by atoms with Gasteiger partial charge in [-0.2, -0.15) is 0 Å². The van der Waals surface area contributed by atoms with Gasteiger partial charge in [0.05, 0.1) is 0 Å². The number of aliphatic hydroxyl groups is 1. The first-order valence-electron chi connectivity index (χ1n) is 3.60. The molecule has 0 unspecified atom stereocenters. The Kier molecular flexibility index (Phi) is 3.09. The number of benzene rings is 1. The minimum Gasteiger partial charge on any atom is -0.396 e. The zero-order chi connectivity index (χ0) is 8.27. The fraction of sp³-hybridized carbons (Fsp3) is 0.333. The van der Waals surface area contributed by atoms with Crippen molar-refractivity contribution in [1.82, 2.24) is 0 Å². The predicted molar refractivity (Wildman–Crippen MR) is 49.7 cm³/mol. The molecular formula is C9H11BrO. The molecule has 1 aromatic carbocycles. The Labute approximate surface area is 75.2 Å². The molecule has 1 rings (SSSR count). The minimum atomic E-state index is 0.210. The number of hydrogen-bond acceptors (Lipinski definition) is 1. The second-order valence-corrected chi connectivity index (χ2v) is 3.42. The van der Waals surface area contributed by atoms with E-state index in [1.807, 2.05) is 13.0 Å². The second kappa shape index (κ2) is 3.88. The summed E-state index contributed by atoms with van der Waals surface area (Å²) in [5, 5.41) is 8.69. The van der Waals surface area contributed by atoms with Crippen LogP contribution in [0.4, 0.5) is 0 Å². The maximum absolute atomic E-state index is 8.69. The fourth-order valence-electron chi connectivity index (χ4n) is 0.976. The van der Waals surface area contributed by atoms with Gasteiger partial charge in [0.15, 0.2) is 0 Å². The first-order valence-corrected chi connectivity index (χ1v) is 4.39. The third-order valence-electron chi connectivity index (χ3n) is 1.59. The van der Waals surface area contributed by atoms with Crippen LogP contribution in [0.3, 0.4) is 0 Å². The van der Waals surface area contributed by atoms with Gasteiger partial charge >= 0.3 is 0 Å². The summed E-state index contributed by atoms with van der Waals surface area (Å²) < 4.78 is 1.09. The van der Waals surface area contributed by atoms with E-state index in [1.165, 1.54) is 5.56 Å². The summed E-state index contributed by atoms with van der Waals surface area (Å²) in [6, 6.07) is 6.15.